The van der Waals surface area contributed by atoms with E-state index in [2.05, 4.69) is 56.3 Å². The third-order valence-corrected chi connectivity index (χ3v) is 9.58. The summed E-state index contributed by atoms with van der Waals surface area (Å²) >= 11 is -2.20. The Morgan fingerprint density at radius 3 is 2.57 bits per heavy atom. The van der Waals surface area contributed by atoms with Crippen LogP contribution in [-0.4, -0.2) is 43.3 Å². The molecular weight excluding hydrogens is 369 g/mol. The Kier molecular flexibility index (Phi) is 5.52. The van der Waals surface area contributed by atoms with E-state index in [1.54, 1.807) is 7.11 Å². The van der Waals surface area contributed by atoms with Crippen molar-refractivity contribution in [2.45, 2.75) is 21.5 Å². The van der Waals surface area contributed by atoms with Gasteiger partial charge in [0.25, 0.3) is 0 Å². The van der Waals surface area contributed by atoms with Crippen LogP contribution in [0.5, 0.6) is 0 Å². The molecule has 2 aromatic rings. The van der Waals surface area contributed by atoms with Gasteiger partial charge in [-0.1, -0.05) is 0 Å². The van der Waals surface area contributed by atoms with Gasteiger partial charge in [0, 0.05) is 0 Å². The predicted octanol–water partition coefficient (Wildman–Crippen LogP) is 4.15. The van der Waals surface area contributed by atoms with Crippen molar-refractivity contribution >= 4 is 32.9 Å². The Morgan fingerprint density at radius 1 is 1.19 bits per heavy atom. The second-order valence-electron chi connectivity index (χ2n) is 6.28. The Balaban J connectivity index is 2.36. The molecule has 0 unspecified atom stereocenters. The third kappa shape index (κ3) is 3.90. The molecule has 0 spiro atoms. The number of methoxy groups -OCH3 is 1. The maximum atomic E-state index is 5.75. The van der Waals surface area contributed by atoms with Gasteiger partial charge in [0.2, 0.25) is 0 Å². The Bertz CT molecular complexity index is 625. The molecule has 1 aromatic heterocycles. The minimum absolute atomic E-state index is 0.549. The fourth-order valence-electron chi connectivity index (χ4n) is 2.28. The number of benzene rings is 1. The summed E-state index contributed by atoms with van der Waals surface area (Å²) in [6, 6.07) is 10.7. The van der Waals surface area contributed by atoms with Crippen molar-refractivity contribution in [3.05, 3.63) is 42.6 Å². The first-order valence-electron chi connectivity index (χ1n) is 7.30. The van der Waals surface area contributed by atoms with Crippen molar-refractivity contribution in [1.82, 2.24) is 4.57 Å². The van der Waals surface area contributed by atoms with Crippen LogP contribution in [0.1, 0.15) is 5.69 Å². The Hall–Kier alpha value is -0.781. The number of para-hydroxylation sites is 1. The number of aromatic nitrogens is 1. The molecule has 1 heterocycles. The molecule has 0 atom stereocenters. The summed E-state index contributed by atoms with van der Waals surface area (Å²) < 4.78 is 14.4. The van der Waals surface area contributed by atoms with E-state index in [4.69, 9.17) is 9.47 Å². The molecule has 3 nitrogen and oxygen atoms in total. The maximum absolute atomic E-state index is 5.75. The van der Waals surface area contributed by atoms with E-state index >= 15 is 0 Å². The van der Waals surface area contributed by atoms with Crippen molar-refractivity contribution in [2.75, 3.05) is 20.3 Å². The molecule has 0 aliphatic heterocycles. The molecule has 0 saturated carbocycles. The van der Waals surface area contributed by atoms with Crippen LogP contribution >= 0.6 is 0 Å². The Labute approximate surface area is 131 Å². The monoisotopic (exact) mass is 395 g/mol. The second-order valence-corrected chi connectivity index (χ2v) is 20.8. The van der Waals surface area contributed by atoms with Crippen molar-refractivity contribution in [3.63, 3.8) is 0 Å². The standard InChI is InChI=1S/C14H16NO2.3CH3.Sn/c1-3-13-10-12-6-4-5-7-14(12)15(13)11-17-9-8-16-2;;;;/h4-7,10H,1,8-9,11H2,2H3;3*1H3;. The van der Waals surface area contributed by atoms with Gasteiger partial charge >= 0.3 is 131 Å². The molecular formula is C17H25NO2Sn. The van der Waals surface area contributed by atoms with Crippen molar-refractivity contribution in [2.24, 2.45) is 0 Å². The summed E-state index contributed by atoms with van der Waals surface area (Å²) in [6.07, 6.45) is 0. The van der Waals surface area contributed by atoms with Gasteiger partial charge < -0.3 is 0 Å². The van der Waals surface area contributed by atoms with Crippen LogP contribution in [0.3, 0.4) is 0 Å². The molecule has 0 radical (unpaired) electrons. The van der Waals surface area contributed by atoms with E-state index in [9.17, 15) is 0 Å². The molecule has 0 amide bonds. The van der Waals surface area contributed by atoms with Crippen LogP contribution < -0.4 is 0 Å². The van der Waals surface area contributed by atoms with Crippen LogP contribution in [0.4, 0.5) is 0 Å². The van der Waals surface area contributed by atoms with E-state index in [0.717, 1.165) is 0 Å². The molecule has 1 aromatic carbocycles. The molecule has 114 valence electrons. The number of fused-ring (bicyclic) bond motifs is 1. The van der Waals surface area contributed by atoms with Crippen LogP contribution in [0.15, 0.2) is 36.9 Å². The average Bonchev–Trinajstić information content (AvgIpc) is 2.80. The number of rotatable bonds is 7. The first-order valence-corrected chi connectivity index (χ1v) is 17.3. The molecule has 0 aliphatic rings. The molecule has 0 aliphatic carbocycles. The predicted molar refractivity (Wildman–Crippen MR) is 92.1 cm³/mol. The summed E-state index contributed by atoms with van der Waals surface area (Å²) in [5, 5.41) is 1.25. The molecule has 0 N–H and O–H groups in total. The number of hydrogen-bond acceptors (Lipinski definition) is 2. The van der Waals surface area contributed by atoms with Gasteiger partial charge in [0.1, 0.15) is 0 Å². The molecule has 4 heteroatoms. The van der Waals surface area contributed by atoms with Crippen molar-refractivity contribution in [3.8, 4) is 0 Å². The van der Waals surface area contributed by atoms with Gasteiger partial charge in [-0.2, -0.15) is 0 Å². The van der Waals surface area contributed by atoms with Crippen LogP contribution in [-0.2, 0) is 16.2 Å². The first-order chi connectivity index (χ1) is 9.95. The van der Waals surface area contributed by atoms with Gasteiger partial charge in [-0.25, -0.2) is 0 Å². The van der Waals surface area contributed by atoms with Gasteiger partial charge in [-0.05, 0) is 0 Å². The number of ether oxygens (including phenoxy) is 2. The molecule has 0 fully saturated rings. The second kappa shape index (κ2) is 6.99. The van der Waals surface area contributed by atoms with E-state index in [1.807, 2.05) is 0 Å². The van der Waals surface area contributed by atoms with E-state index in [-0.39, 0.29) is 0 Å². The van der Waals surface area contributed by atoms with Gasteiger partial charge in [0.05, 0.1) is 0 Å². The quantitative estimate of drug-likeness (QED) is 0.521. The summed E-state index contributed by atoms with van der Waals surface area (Å²) in [6.45, 7) is 6.16. The molecule has 0 bridgehead atoms. The van der Waals surface area contributed by atoms with Crippen molar-refractivity contribution < 1.29 is 9.47 Å². The van der Waals surface area contributed by atoms with E-state index < -0.39 is 18.4 Å². The van der Waals surface area contributed by atoms with Crippen LogP contribution in [0, 0.1) is 0 Å². The fourth-order valence-corrected chi connectivity index (χ4v) is 5.07. The molecule has 2 rings (SSSR count). The minimum atomic E-state index is -2.20. The zero-order valence-electron chi connectivity index (χ0n) is 13.5. The summed E-state index contributed by atoms with van der Waals surface area (Å²) in [4.78, 5) is 7.18. The number of nitrogens with zero attached hydrogens (tertiary/aromatic N) is 1. The summed E-state index contributed by atoms with van der Waals surface area (Å²) in [7, 11) is 1.69. The van der Waals surface area contributed by atoms with Crippen LogP contribution in [0.25, 0.3) is 14.5 Å². The normalized spacial score (nSPS) is 12.0. The molecule has 0 saturated heterocycles. The average molecular weight is 394 g/mol. The van der Waals surface area contributed by atoms with Gasteiger partial charge in [-0.15, -0.1) is 0 Å². The summed E-state index contributed by atoms with van der Waals surface area (Å²) in [5.74, 6) is 0. The van der Waals surface area contributed by atoms with E-state index in [0.29, 0.717) is 19.9 Å². The van der Waals surface area contributed by atoms with Gasteiger partial charge in [-0.3, -0.25) is 0 Å². The van der Waals surface area contributed by atoms with E-state index in [1.165, 1.54) is 20.2 Å². The number of hydrogen-bond donors (Lipinski definition) is 0. The summed E-state index contributed by atoms with van der Waals surface area (Å²) in [5.41, 5.74) is 2.44. The SMILES string of the molecule is C=[C](c1cc2ccccc2n1COCCOC)[Sn]([CH3])([CH3])[CH3]. The van der Waals surface area contributed by atoms with Gasteiger partial charge in [0.15, 0.2) is 0 Å². The fraction of sp³-hybridized carbons (Fsp3) is 0.412. The topological polar surface area (TPSA) is 23.4 Å². The first kappa shape index (κ1) is 16.6. The zero-order chi connectivity index (χ0) is 15.5. The zero-order valence-corrected chi connectivity index (χ0v) is 16.3. The van der Waals surface area contributed by atoms with Crippen LogP contribution in [0.2, 0.25) is 14.8 Å². The van der Waals surface area contributed by atoms with Crippen molar-refractivity contribution in [1.29, 1.82) is 0 Å². The third-order valence-electron chi connectivity index (χ3n) is 3.68. The molecule has 21 heavy (non-hydrogen) atoms. The Morgan fingerprint density at radius 2 is 1.90 bits per heavy atom.